The number of aryl methyl sites for hydroxylation is 1. The molecule has 1 aromatic heterocycles. The molecule has 0 radical (unpaired) electrons. The van der Waals surface area contributed by atoms with Crippen molar-refractivity contribution in [2.24, 2.45) is 5.73 Å². The predicted octanol–water partition coefficient (Wildman–Crippen LogP) is 3.11. The lowest BCUT2D eigenvalue weighted by molar-refractivity contribution is 0.281. The van der Waals surface area contributed by atoms with Crippen LogP contribution in [0.4, 0.5) is 0 Å². The van der Waals surface area contributed by atoms with Crippen LogP contribution < -0.4 is 10.5 Å². The Balaban J connectivity index is 2.46. The summed E-state index contributed by atoms with van der Waals surface area (Å²) in [6.07, 6.45) is 5.50. The molecule has 0 fully saturated rings. The van der Waals surface area contributed by atoms with Crippen LogP contribution in [0, 0.1) is 0 Å². The van der Waals surface area contributed by atoms with Crippen molar-refractivity contribution in [1.29, 1.82) is 0 Å². The lowest BCUT2D eigenvalue weighted by Gasteiger charge is -2.35. The van der Waals surface area contributed by atoms with E-state index < -0.39 is 8.32 Å². The molecule has 0 saturated heterocycles. The molecule has 0 spiro atoms. The van der Waals surface area contributed by atoms with Crippen LogP contribution in [-0.4, -0.2) is 31.2 Å². The van der Waals surface area contributed by atoms with Crippen LogP contribution in [0.25, 0.3) is 0 Å². The van der Waals surface area contributed by atoms with E-state index in [0.29, 0.717) is 13.2 Å². The molecule has 1 heterocycles. The number of nitrogens with two attached hydrogens (primary N) is 1. The lowest BCUT2D eigenvalue weighted by Crippen LogP contribution is -2.39. The van der Waals surface area contributed by atoms with Crippen LogP contribution in [0.15, 0.2) is 18.3 Å². The highest BCUT2D eigenvalue weighted by Crippen LogP contribution is 2.39. The fourth-order valence-corrected chi connectivity index (χ4v) is 2.81. The van der Waals surface area contributed by atoms with Crippen molar-refractivity contribution in [3.63, 3.8) is 0 Å². The highest BCUT2D eigenvalue weighted by atomic mass is 28.4. The molecular weight excluding hydrogens is 280 g/mol. The number of hydrogen-bond acceptors (Lipinski definition) is 4. The van der Waals surface area contributed by atoms with Crippen LogP contribution in [0.3, 0.4) is 0 Å². The molecule has 0 aliphatic heterocycles. The zero-order valence-electron chi connectivity index (χ0n) is 13.9. The fourth-order valence-electron chi connectivity index (χ4n) is 2.03. The molecule has 1 aromatic rings. The number of ether oxygens (including phenoxy) is 1. The molecule has 0 unspecified atom stereocenters. The minimum Gasteiger partial charge on any atom is -0.477 e. The first kappa shape index (κ1) is 18.1. The van der Waals surface area contributed by atoms with Gasteiger partial charge in [0.05, 0.1) is 6.61 Å². The van der Waals surface area contributed by atoms with Crippen molar-refractivity contribution in [2.75, 3.05) is 13.2 Å². The second kappa shape index (κ2) is 7.92. The summed E-state index contributed by atoms with van der Waals surface area (Å²) >= 11 is 0. The summed E-state index contributed by atoms with van der Waals surface area (Å²) in [6.45, 7) is 9.60. The van der Waals surface area contributed by atoms with Crippen LogP contribution in [0.5, 0.6) is 5.88 Å². The smallest absolute Gasteiger partial charge is 0.216 e. The molecule has 0 aliphatic rings. The van der Waals surface area contributed by atoms with Gasteiger partial charge in [0.25, 0.3) is 0 Å². The molecular formula is C16H30N2O2Si. The second-order valence-electron chi connectivity index (χ2n) is 6.75. The van der Waals surface area contributed by atoms with Gasteiger partial charge in [0.15, 0.2) is 8.32 Å². The van der Waals surface area contributed by atoms with Gasteiger partial charge in [0.2, 0.25) is 5.88 Å². The maximum absolute atomic E-state index is 10.3. The molecule has 4 nitrogen and oxygen atoms in total. The summed E-state index contributed by atoms with van der Waals surface area (Å²) in [4.78, 5) is 14.6. The molecule has 0 saturated carbocycles. The van der Waals surface area contributed by atoms with E-state index in [0.717, 1.165) is 37.1 Å². The van der Waals surface area contributed by atoms with E-state index >= 15 is 0 Å². The third kappa shape index (κ3) is 5.77. The van der Waals surface area contributed by atoms with Gasteiger partial charge in [-0.2, -0.15) is 0 Å². The van der Waals surface area contributed by atoms with Gasteiger partial charge < -0.3 is 15.3 Å². The first-order valence-corrected chi connectivity index (χ1v) is 10.7. The number of pyridine rings is 1. The Bertz CT molecular complexity index is 431. The summed E-state index contributed by atoms with van der Waals surface area (Å²) in [5, 5.41) is 0.00283. The Morgan fingerprint density at radius 2 is 2.05 bits per heavy atom. The highest BCUT2D eigenvalue weighted by molar-refractivity contribution is 6.72. The summed E-state index contributed by atoms with van der Waals surface area (Å²) in [6, 6.07) is 3.98. The van der Waals surface area contributed by atoms with Crippen molar-refractivity contribution >= 4 is 8.32 Å². The van der Waals surface area contributed by atoms with Gasteiger partial charge in [0.1, 0.15) is 0 Å². The van der Waals surface area contributed by atoms with E-state index in [2.05, 4.69) is 18.8 Å². The van der Waals surface area contributed by atoms with Crippen molar-refractivity contribution in [2.45, 2.75) is 57.7 Å². The molecule has 0 aromatic carbocycles. The first-order valence-electron chi connectivity index (χ1n) is 7.77. The zero-order valence-corrected chi connectivity index (χ0v) is 14.9. The van der Waals surface area contributed by atoms with Gasteiger partial charge in [-0.15, -0.1) is 0 Å². The van der Waals surface area contributed by atoms with E-state index in [1.165, 1.54) is 0 Å². The summed E-state index contributed by atoms with van der Waals surface area (Å²) in [7, 11) is -2.13. The first-order chi connectivity index (χ1) is 9.78. The average Bonchev–Trinajstić information content (AvgIpc) is 2.41. The number of aromatic nitrogens is 1. The van der Waals surface area contributed by atoms with E-state index in [4.69, 9.17) is 10.5 Å². The fraction of sp³-hybridized carbons (Fsp3) is 0.688. The average molecular weight is 311 g/mol. The van der Waals surface area contributed by atoms with Gasteiger partial charge in [-0.3, -0.25) is 0 Å². The van der Waals surface area contributed by atoms with Crippen molar-refractivity contribution in [3.05, 3.63) is 23.9 Å². The summed E-state index contributed by atoms with van der Waals surface area (Å²) < 4.78 is 5.82. The summed E-state index contributed by atoms with van der Waals surface area (Å²) in [5.41, 5.74) is 6.68. The van der Waals surface area contributed by atoms with Crippen molar-refractivity contribution in [3.8, 4) is 5.88 Å². The summed E-state index contributed by atoms with van der Waals surface area (Å²) in [5.74, 6) is 0.726. The Morgan fingerprint density at radius 1 is 1.33 bits per heavy atom. The van der Waals surface area contributed by atoms with E-state index in [1.807, 2.05) is 25.2 Å². The quantitative estimate of drug-likeness (QED) is 0.543. The topological polar surface area (TPSA) is 68.4 Å². The molecule has 3 N–H and O–H groups in total. The number of hydrogen-bond donors (Lipinski definition) is 2. The van der Waals surface area contributed by atoms with Crippen LogP contribution in [0.1, 0.15) is 38.7 Å². The maximum Gasteiger partial charge on any atom is 0.216 e. The molecule has 120 valence electrons. The predicted molar refractivity (Wildman–Crippen MR) is 90.1 cm³/mol. The van der Waals surface area contributed by atoms with E-state index in [1.54, 1.807) is 6.20 Å². The number of rotatable bonds is 9. The molecule has 0 atom stereocenters. The maximum atomic E-state index is 10.3. The Labute approximate surface area is 129 Å². The molecule has 1 rings (SSSR count). The monoisotopic (exact) mass is 310 g/mol. The van der Waals surface area contributed by atoms with E-state index in [9.17, 15) is 4.80 Å². The van der Waals surface area contributed by atoms with E-state index in [-0.39, 0.29) is 5.04 Å². The molecule has 5 heteroatoms. The second-order valence-corrected chi connectivity index (χ2v) is 11.2. The van der Waals surface area contributed by atoms with Gasteiger partial charge in [0, 0.05) is 11.8 Å². The third-order valence-corrected chi connectivity index (χ3v) is 7.90. The zero-order chi connectivity index (χ0) is 15.9. The Hall–Kier alpha value is -0.913. The minimum atomic E-state index is -2.13. The van der Waals surface area contributed by atoms with Crippen LogP contribution >= 0.6 is 0 Å². The molecule has 0 bridgehead atoms. The molecule has 21 heavy (non-hydrogen) atoms. The Morgan fingerprint density at radius 3 is 2.67 bits per heavy atom. The van der Waals surface area contributed by atoms with Gasteiger partial charge in [-0.25, -0.2) is 4.98 Å². The standard InChI is InChI=1S/C16H30N2O2Si/c1-16(2,21(3,4)19)10-7-13-20-15-14(8-5-11-17)9-6-12-18-15/h6,9,12,19H,5,7-8,10-11,13,17H2,1-4H3. The lowest BCUT2D eigenvalue weighted by atomic mass is 10.1. The van der Waals surface area contributed by atoms with Crippen LogP contribution in [-0.2, 0) is 6.42 Å². The molecule has 0 aliphatic carbocycles. The number of nitrogens with zero attached hydrogens (tertiary/aromatic N) is 1. The third-order valence-electron chi connectivity index (χ3n) is 4.34. The molecule has 0 amide bonds. The minimum absolute atomic E-state index is 0.00283. The van der Waals surface area contributed by atoms with Crippen LogP contribution in [0.2, 0.25) is 18.1 Å². The normalized spacial score (nSPS) is 12.5. The highest BCUT2D eigenvalue weighted by Gasteiger charge is 2.37. The van der Waals surface area contributed by atoms with Crippen molar-refractivity contribution < 1.29 is 9.53 Å². The van der Waals surface area contributed by atoms with Gasteiger partial charge in [-0.1, -0.05) is 19.9 Å². The van der Waals surface area contributed by atoms with Crippen molar-refractivity contribution in [1.82, 2.24) is 4.98 Å². The largest absolute Gasteiger partial charge is 0.477 e. The Kier molecular flexibility index (Phi) is 6.84. The van der Waals surface area contributed by atoms with Gasteiger partial charge in [-0.05, 0) is 56.4 Å². The SMILES string of the molecule is CC(C)(CCCOc1ncccc1CCCN)[Si](C)(C)O. The van der Waals surface area contributed by atoms with Gasteiger partial charge >= 0.3 is 0 Å².